The molecule has 0 saturated carbocycles. The Morgan fingerprint density at radius 3 is 2.53 bits per heavy atom. The van der Waals surface area contributed by atoms with Crippen LogP contribution in [0.4, 0.5) is 5.69 Å². The summed E-state index contributed by atoms with van der Waals surface area (Å²) in [6.45, 7) is 6.40. The fourth-order valence-electron chi connectivity index (χ4n) is 1.38. The Labute approximate surface area is 95.5 Å². The number of hydrogen-bond acceptors (Lipinski definition) is 2. The van der Waals surface area contributed by atoms with Gasteiger partial charge in [0.15, 0.2) is 0 Å². The van der Waals surface area contributed by atoms with Crippen molar-refractivity contribution in [3.63, 3.8) is 0 Å². The molecule has 0 aliphatic heterocycles. The van der Waals surface area contributed by atoms with E-state index in [1.54, 1.807) is 0 Å². The number of aromatic nitrogens is 2. The zero-order valence-corrected chi connectivity index (χ0v) is 9.98. The molecule has 0 amide bonds. The van der Waals surface area contributed by atoms with E-state index in [-0.39, 0.29) is 17.8 Å². The number of anilines is 1. The first-order valence-electron chi connectivity index (χ1n) is 4.72. The van der Waals surface area contributed by atoms with E-state index in [0.29, 0.717) is 0 Å². The average Bonchev–Trinajstić information content (AvgIpc) is 2.45. The van der Waals surface area contributed by atoms with Crippen LogP contribution in [0.25, 0.3) is 11.0 Å². The molecule has 0 aliphatic carbocycles. The van der Waals surface area contributed by atoms with Gasteiger partial charge in [-0.05, 0) is 18.2 Å². The number of hydrogen-bond donors (Lipinski definition) is 2. The van der Waals surface area contributed by atoms with E-state index in [2.05, 4.69) is 30.7 Å². The van der Waals surface area contributed by atoms with Crippen molar-refractivity contribution >= 4 is 29.1 Å². The van der Waals surface area contributed by atoms with Crippen molar-refractivity contribution in [2.24, 2.45) is 0 Å². The van der Waals surface area contributed by atoms with Gasteiger partial charge in [0.2, 0.25) is 0 Å². The summed E-state index contributed by atoms with van der Waals surface area (Å²) in [5.74, 6) is 0.998. The Hall–Kier alpha value is -1.22. The minimum absolute atomic E-state index is 0. The lowest BCUT2D eigenvalue weighted by Gasteiger charge is -2.13. The van der Waals surface area contributed by atoms with Crippen LogP contribution in [0.15, 0.2) is 18.2 Å². The van der Waals surface area contributed by atoms with Gasteiger partial charge in [-0.15, -0.1) is 12.4 Å². The lowest BCUT2D eigenvalue weighted by Crippen LogP contribution is -2.12. The number of nitrogens with two attached hydrogens (primary N) is 1. The van der Waals surface area contributed by atoms with E-state index in [0.717, 1.165) is 22.5 Å². The number of fused-ring (bicyclic) bond motifs is 1. The number of imidazole rings is 1. The van der Waals surface area contributed by atoms with Gasteiger partial charge in [-0.1, -0.05) is 20.8 Å². The highest BCUT2D eigenvalue weighted by Crippen LogP contribution is 2.23. The molecule has 0 saturated heterocycles. The van der Waals surface area contributed by atoms with Gasteiger partial charge in [-0.3, -0.25) is 0 Å². The van der Waals surface area contributed by atoms with Gasteiger partial charge in [-0.2, -0.15) is 0 Å². The Morgan fingerprint density at radius 2 is 1.93 bits per heavy atom. The van der Waals surface area contributed by atoms with Crippen molar-refractivity contribution in [3.8, 4) is 0 Å². The molecule has 1 aromatic carbocycles. The van der Waals surface area contributed by atoms with Crippen molar-refractivity contribution in [1.29, 1.82) is 0 Å². The van der Waals surface area contributed by atoms with E-state index in [9.17, 15) is 0 Å². The summed E-state index contributed by atoms with van der Waals surface area (Å²) >= 11 is 0. The summed E-state index contributed by atoms with van der Waals surface area (Å²) in [4.78, 5) is 7.80. The number of nitrogen functional groups attached to an aromatic ring is 1. The summed E-state index contributed by atoms with van der Waals surface area (Å²) < 4.78 is 0. The maximum atomic E-state index is 5.69. The number of nitrogens with one attached hydrogen (secondary N) is 1. The Morgan fingerprint density at radius 1 is 1.27 bits per heavy atom. The lowest BCUT2D eigenvalue weighted by molar-refractivity contribution is 0.554. The van der Waals surface area contributed by atoms with Crippen LogP contribution < -0.4 is 5.73 Å². The Balaban J connectivity index is 0.00000112. The molecule has 0 spiro atoms. The van der Waals surface area contributed by atoms with Crippen LogP contribution in [-0.2, 0) is 5.41 Å². The van der Waals surface area contributed by atoms with Crippen molar-refractivity contribution in [1.82, 2.24) is 9.97 Å². The second-order valence-electron chi connectivity index (χ2n) is 4.61. The topological polar surface area (TPSA) is 54.7 Å². The minimum atomic E-state index is 0. The highest BCUT2D eigenvalue weighted by atomic mass is 35.5. The number of aromatic amines is 1. The third-order valence-electron chi connectivity index (χ3n) is 2.22. The monoisotopic (exact) mass is 225 g/mol. The highest BCUT2D eigenvalue weighted by molar-refractivity contribution is 5.85. The first kappa shape index (κ1) is 11.9. The number of rotatable bonds is 0. The third kappa shape index (κ3) is 2.23. The van der Waals surface area contributed by atoms with Crippen molar-refractivity contribution < 1.29 is 0 Å². The van der Waals surface area contributed by atoms with Crippen LogP contribution in [0.3, 0.4) is 0 Å². The molecule has 0 aliphatic rings. The van der Waals surface area contributed by atoms with Gasteiger partial charge in [0, 0.05) is 11.1 Å². The molecule has 0 fully saturated rings. The predicted octanol–water partition coefficient (Wildman–Crippen LogP) is 2.86. The van der Waals surface area contributed by atoms with Crippen molar-refractivity contribution in [3.05, 3.63) is 24.0 Å². The van der Waals surface area contributed by atoms with Gasteiger partial charge in [0.05, 0.1) is 11.0 Å². The standard InChI is InChI=1S/C11H15N3.ClH/c1-11(2,3)10-13-8-5-4-7(12)6-9(8)14-10;/h4-6H,12H2,1-3H3,(H,13,14);1H. The smallest absolute Gasteiger partial charge is 0.112 e. The van der Waals surface area contributed by atoms with Crippen LogP contribution >= 0.6 is 12.4 Å². The number of halogens is 1. The van der Waals surface area contributed by atoms with Crippen LogP contribution in [0.5, 0.6) is 0 Å². The molecule has 4 heteroatoms. The molecule has 1 heterocycles. The Kier molecular flexibility index (Phi) is 2.95. The summed E-state index contributed by atoms with van der Waals surface area (Å²) in [5.41, 5.74) is 8.49. The van der Waals surface area contributed by atoms with E-state index in [1.807, 2.05) is 18.2 Å². The normalized spacial score (nSPS) is 11.4. The largest absolute Gasteiger partial charge is 0.399 e. The van der Waals surface area contributed by atoms with E-state index in [4.69, 9.17) is 5.73 Å². The highest BCUT2D eigenvalue weighted by Gasteiger charge is 2.17. The summed E-state index contributed by atoms with van der Waals surface area (Å²) in [5, 5.41) is 0. The second kappa shape index (κ2) is 3.74. The van der Waals surface area contributed by atoms with Gasteiger partial charge in [0.1, 0.15) is 5.82 Å². The number of nitrogens with zero attached hydrogens (tertiary/aromatic N) is 1. The van der Waals surface area contributed by atoms with E-state index in [1.165, 1.54) is 0 Å². The number of benzene rings is 1. The first-order chi connectivity index (χ1) is 6.47. The predicted molar refractivity (Wildman–Crippen MR) is 66.5 cm³/mol. The van der Waals surface area contributed by atoms with Crippen LogP contribution in [0.2, 0.25) is 0 Å². The zero-order chi connectivity index (χ0) is 10.3. The molecular formula is C11H16ClN3. The van der Waals surface area contributed by atoms with Crippen LogP contribution in [0, 0.1) is 0 Å². The molecule has 3 N–H and O–H groups in total. The molecule has 2 rings (SSSR count). The molecule has 2 aromatic rings. The maximum absolute atomic E-state index is 5.69. The molecule has 3 nitrogen and oxygen atoms in total. The quantitative estimate of drug-likeness (QED) is 0.678. The molecule has 15 heavy (non-hydrogen) atoms. The van der Waals surface area contributed by atoms with Gasteiger partial charge in [0.25, 0.3) is 0 Å². The molecule has 0 radical (unpaired) electrons. The Bertz CT molecular complexity index is 468. The molecule has 0 bridgehead atoms. The average molecular weight is 226 g/mol. The molecular weight excluding hydrogens is 210 g/mol. The third-order valence-corrected chi connectivity index (χ3v) is 2.22. The summed E-state index contributed by atoms with van der Waals surface area (Å²) in [7, 11) is 0. The van der Waals surface area contributed by atoms with Gasteiger partial charge >= 0.3 is 0 Å². The van der Waals surface area contributed by atoms with Crippen LogP contribution in [0.1, 0.15) is 26.6 Å². The summed E-state index contributed by atoms with van der Waals surface area (Å²) in [6.07, 6.45) is 0. The fraction of sp³-hybridized carbons (Fsp3) is 0.364. The van der Waals surface area contributed by atoms with Gasteiger partial charge in [-0.25, -0.2) is 4.98 Å². The van der Waals surface area contributed by atoms with Crippen molar-refractivity contribution in [2.75, 3.05) is 5.73 Å². The number of H-pyrrole nitrogens is 1. The zero-order valence-electron chi connectivity index (χ0n) is 9.16. The van der Waals surface area contributed by atoms with Gasteiger partial charge < -0.3 is 10.7 Å². The summed E-state index contributed by atoms with van der Waals surface area (Å²) in [6, 6.07) is 5.73. The second-order valence-corrected chi connectivity index (χ2v) is 4.61. The molecule has 82 valence electrons. The minimum Gasteiger partial charge on any atom is -0.399 e. The first-order valence-corrected chi connectivity index (χ1v) is 4.72. The maximum Gasteiger partial charge on any atom is 0.112 e. The van der Waals surface area contributed by atoms with Crippen LogP contribution in [-0.4, -0.2) is 9.97 Å². The van der Waals surface area contributed by atoms with Crippen molar-refractivity contribution in [2.45, 2.75) is 26.2 Å². The van der Waals surface area contributed by atoms with E-state index < -0.39 is 0 Å². The van der Waals surface area contributed by atoms with E-state index >= 15 is 0 Å². The SMILES string of the molecule is CC(C)(C)c1nc2ccc(N)cc2[nH]1.Cl. The molecule has 0 unspecified atom stereocenters. The molecule has 1 aromatic heterocycles. The lowest BCUT2D eigenvalue weighted by atomic mass is 9.96. The molecule has 0 atom stereocenters. The fourth-order valence-corrected chi connectivity index (χ4v) is 1.38.